The molecule has 2 atom stereocenters. The molecular weight excluding hydrogens is 116 g/mol. The van der Waals surface area contributed by atoms with E-state index in [0.717, 1.165) is 11.2 Å². The van der Waals surface area contributed by atoms with Gasteiger partial charge in [0.05, 0.1) is 0 Å². The summed E-state index contributed by atoms with van der Waals surface area (Å²) in [7, 11) is 0. The van der Waals surface area contributed by atoms with E-state index in [0.29, 0.717) is 0 Å². The molecule has 0 bridgehead atoms. The van der Waals surface area contributed by atoms with Gasteiger partial charge in [0, 0.05) is 5.25 Å². The first kappa shape index (κ1) is 8.35. The first-order chi connectivity index (χ1) is 3.72. The number of hydrogen-bond acceptors (Lipinski definition) is 1. The van der Waals surface area contributed by atoms with Crippen molar-refractivity contribution >= 4 is 11.8 Å². The van der Waals surface area contributed by atoms with Crippen molar-refractivity contribution in [3.05, 3.63) is 0 Å². The smallest absolute Gasteiger partial charge is 0.00414 e. The molecule has 0 saturated heterocycles. The Morgan fingerprint density at radius 3 is 2.00 bits per heavy atom. The predicted octanol–water partition coefficient (Wildman–Crippen LogP) is 2.78. The van der Waals surface area contributed by atoms with Gasteiger partial charge in [-0.15, -0.1) is 0 Å². The zero-order valence-corrected chi connectivity index (χ0v) is 7.09. The second kappa shape index (κ2) is 4.25. The first-order valence-corrected chi connectivity index (χ1v) is 4.54. The van der Waals surface area contributed by atoms with Crippen LogP contribution in [0, 0.1) is 5.92 Å². The van der Waals surface area contributed by atoms with Crippen LogP contribution >= 0.6 is 11.8 Å². The number of rotatable bonds is 3. The minimum atomic E-state index is 0.833. The van der Waals surface area contributed by atoms with Gasteiger partial charge in [-0.3, -0.25) is 0 Å². The molecule has 0 N–H and O–H groups in total. The maximum absolute atomic E-state index is 2.31. The van der Waals surface area contributed by atoms with Crippen LogP contribution in [-0.2, 0) is 0 Å². The van der Waals surface area contributed by atoms with Crippen molar-refractivity contribution in [1.82, 2.24) is 0 Å². The molecule has 0 saturated carbocycles. The molecule has 0 aliphatic rings. The minimum absolute atomic E-state index is 0.833. The van der Waals surface area contributed by atoms with Gasteiger partial charge in [0.25, 0.3) is 0 Å². The molecule has 1 heteroatoms. The zero-order valence-electron chi connectivity index (χ0n) is 6.27. The van der Waals surface area contributed by atoms with Crippen LogP contribution in [0.4, 0.5) is 0 Å². The first-order valence-electron chi connectivity index (χ1n) is 3.25. The molecule has 0 rings (SSSR count). The fraction of sp³-hybridized carbons (Fsp3) is 1.00. The van der Waals surface area contributed by atoms with Gasteiger partial charge in [-0.2, -0.15) is 11.8 Å². The van der Waals surface area contributed by atoms with E-state index >= 15 is 0 Å². The van der Waals surface area contributed by atoms with Crippen molar-refractivity contribution in [3.63, 3.8) is 0 Å². The average Bonchev–Trinajstić information content (AvgIpc) is 1.84. The molecule has 50 valence electrons. The highest BCUT2D eigenvalue weighted by atomic mass is 32.2. The zero-order chi connectivity index (χ0) is 6.57. The van der Waals surface area contributed by atoms with Gasteiger partial charge in [-0.1, -0.05) is 27.2 Å². The molecule has 0 spiro atoms. The van der Waals surface area contributed by atoms with E-state index in [1.165, 1.54) is 6.42 Å². The Morgan fingerprint density at radius 2 is 1.88 bits per heavy atom. The lowest BCUT2D eigenvalue weighted by Crippen LogP contribution is -2.07. The summed E-state index contributed by atoms with van der Waals surface area (Å²) in [4.78, 5) is 0. The molecule has 0 amide bonds. The monoisotopic (exact) mass is 132 g/mol. The third-order valence-electron chi connectivity index (χ3n) is 1.82. The maximum Gasteiger partial charge on any atom is 0.00414 e. The molecular formula is C7H16S. The third-order valence-corrected chi connectivity index (χ3v) is 3.03. The Labute approximate surface area is 57.1 Å². The normalized spacial score (nSPS) is 18.0. The predicted molar refractivity (Wildman–Crippen MR) is 42.4 cm³/mol. The van der Waals surface area contributed by atoms with E-state index in [1.807, 2.05) is 11.8 Å². The topological polar surface area (TPSA) is 0 Å². The fourth-order valence-electron chi connectivity index (χ4n) is 0.564. The summed E-state index contributed by atoms with van der Waals surface area (Å²) >= 11 is 1.96. The third kappa shape index (κ3) is 2.61. The molecule has 2 unspecified atom stereocenters. The van der Waals surface area contributed by atoms with Crippen LogP contribution in [-0.4, -0.2) is 11.5 Å². The van der Waals surface area contributed by atoms with Crippen molar-refractivity contribution in [2.24, 2.45) is 5.92 Å². The molecule has 0 aromatic heterocycles. The highest BCUT2D eigenvalue weighted by Gasteiger charge is 2.06. The second-order valence-electron chi connectivity index (χ2n) is 2.33. The molecule has 0 heterocycles. The van der Waals surface area contributed by atoms with Crippen molar-refractivity contribution in [3.8, 4) is 0 Å². The Balaban J connectivity index is 3.29. The van der Waals surface area contributed by atoms with Gasteiger partial charge < -0.3 is 0 Å². The summed E-state index contributed by atoms with van der Waals surface area (Å²) < 4.78 is 0. The lowest BCUT2D eigenvalue weighted by Gasteiger charge is -2.14. The second-order valence-corrected chi connectivity index (χ2v) is 3.54. The molecule has 0 aromatic carbocycles. The molecule has 0 aromatic rings. The van der Waals surface area contributed by atoms with Gasteiger partial charge in [0.1, 0.15) is 0 Å². The van der Waals surface area contributed by atoms with Crippen LogP contribution < -0.4 is 0 Å². The van der Waals surface area contributed by atoms with Crippen LogP contribution in [0.2, 0.25) is 0 Å². The fourth-order valence-corrected chi connectivity index (χ4v) is 1.22. The summed E-state index contributed by atoms with van der Waals surface area (Å²) in [6, 6.07) is 0. The number of thioether (sulfide) groups is 1. The van der Waals surface area contributed by atoms with Gasteiger partial charge in [-0.05, 0) is 12.2 Å². The Hall–Kier alpha value is 0.350. The van der Waals surface area contributed by atoms with Crippen LogP contribution in [0.5, 0.6) is 0 Å². The summed E-state index contributed by atoms with van der Waals surface area (Å²) in [6.07, 6.45) is 3.48. The van der Waals surface area contributed by atoms with Gasteiger partial charge in [0.15, 0.2) is 0 Å². The van der Waals surface area contributed by atoms with E-state index in [1.54, 1.807) is 0 Å². The van der Waals surface area contributed by atoms with Crippen LogP contribution in [0.3, 0.4) is 0 Å². The van der Waals surface area contributed by atoms with Crippen LogP contribution in [0.25, 0.3) is 0 Å². The van der Waals surface area contributed by atoms with Crippen LogP contribution in [0.15, 0.2) is 0 Å². The lowest BCUT2D eigenvalue weighted by molar-refractivity contribution is 0.558. The highest BCUT2D eigenvalue weighted by molar-refractivity contribution is 7.99. The van der Waals surface area contributed by atoms with E-state index in [4.69, 9.17) is 0 Å². The van der Waals surface area contributed by atoms with Gasteiger partial charge in [0.2, 0.25) is 0 Å². The lowest BCUT2D eigenvalue weighted by atomic mass is 10.1. The van der Waals surface area contributed by atoms with E-state index < -0.39 is 0 Å². The molecule has 0 aliphatic heterocycles. The van der Waals surface area contributed by atoms with E-state index in [2.05, 4.69) is 27.0 Å². The van der Waals surface area contributed by atoms with Crippen molar-refractivity contribution in [2.75, 3.05) is 6.26 Å². The summed E-state index contributed by atoms with van der Waals surface area (Å²) in [5, 5.41) is 0.833. The Morgan fingerprint density at radius 1 is 1.38 bits per heavy atom. The molecule has 8 heavy (non-hydrogen) atoms. The van der Waals surface area contributed by atoms with Crippen molar-refractivity contribution in [1.29, 1.82) is 0 Å². The van der Waals surface area contributed by atoms with Gasteiger partial charge >= 0.3 is 0 Å². The maximum atomic E-state index is 2.31. The minimum Gasteiger partial charge on any atom is -0.162 e. The molecule has 0 radical (unpaired) electrons. The molecule has 0 fully saturated rings. The Bertz CT molecular complexity index is 44.3. The summed E-state index contributed by atoms with van der Waals surface area (Å²) in [5.41, 5.74) is 0. The van der Waals surface area contributed by atoms with Crippen LogP contribution in [0.1, 0.15) is 27.2 Å². The average molecular weight is 132 g/mol. The van der Waals surface area contributed by atoms with E-state index in [9.17, 15) is 0 Å². The summed E-state index contributed by atoms with van der Waals surface area (Å²) in [6.45, 7) is 6.84. The highest BCUT2D eigenvalue weighted by Crippen LogP contribution is 2.17. The van der Waals surface area contributed by atoms with Gasteiger partial charge in [-0.25, -0.2) is 0 Å². The SMILES string of the molecule is CCC(C)C(C)SC. The number of hydrogen-bond donors (Lipinski definition) is 0. The van der Waals surface area contributed by atoms with E-state index in [-0.39, 0.29) is 0 Å². The standard InChI is InChI=1S/C7H16S/c1-5-6(2)7(3)8-4/h6-7H,5H2,1-4H3. The molecule has 0 nitrogen and oxygen atoms in total. The summed E-state index contributed by atoms with van der Waals surface area (Å²) in [5.74, 6) is 0.880. The van der Waals surface area contributed by atoms with Crippen molar-refractivity contribution in [2.45, 2.75) is 32.4 Å². The van der Waals surface area contributed by atoms with Crippen molar-refractivity contribution < 1.29 is 0 Å². The quantitative estimate of drug-likeness (QED) is 0.569. The largest absolute Gasteiger partial charge is 0.162 e. The Kier molecular flexibility index (Phi) is 4.44. The molecule has 0 aliphatic carbocycles.